The fraction of sp³-hybridized carbons (Fsp3) is 0.269. The molecular formula is C26H25BrF2N6O4S2. The molecule has 0 spiro atoms. The number of sulfone groups is 1. The van der Waals surface area contributed by atoms with Crippen molar-refractivity contribution in [1.82, 2.24) is 20.2 Å². The van der Waals surface area contributed by atoms with E-state index in [1.165, 1.54) is 37.4 Å². The highest BCUT2D eigenvalue weighted by molar-refractivity contribution is 9.10. The van der Waals surface area contributed by atoms with Crippen molar-refractivity contribution in [2.24, 2.45) is 0 Å². The molecule has 2 aromatic heterocycles. The molecule has 2 N–H and O–H groups in total. The topological polar surface area (TPSA) is 122 Å². The number of nitrogens with zero attached hydrogens (tertiary/aromatic N) is 4. The van der Waals surface area contributed by atoms with Gasteiger partial charge < -0.3 is 19.7 Å². The molecule has 216 valence electrons. The zero-order valence-electron chi connectivity index (χ0n) is 21.9. The number of anilines is 3. The van der Waals surface area contributed by atoms with Crippen LogP contribution in [0.15, 0.2) is 61.9 Å². The number of benzene rings is 2. The smallest absolute Gasteiger partial charge is 0.204 e. The zero-order valence-corrected chi connectivity index (χ0v) is 25.2. The van der Waals surface area contributed by atoms with Gasteiger partial charge in [-0.25, -0.2) is 27.2 Å². The summed E-state index contributed by atoms with van der Waals surface area (Å²) in [4.78, 5) is 11.0. The lowest BCUT2D eigenvalue weighted by Crippen LogP contribution is -2.37. The van der Waals surface area contributed by atoms with Gasteiger partial charge >= 0.3 is 0 Å². The molecule has 0 bridgehead atoms. The van der Waals surface area contributed by atoms with Crippen LogP contribution in [0, 0.1) is 18.6 Å². The molecule has 0 atom stereocenters. The summed E-state index contributed by atoms with van der Waals surface area (Å²) in [6.07, 6.45) is 0. The number of morpholine rings is 1. The van der Waals surface area contributed by atoms with Crippen LogP contribution in [-0.2, 0) is 20.3 Å². The number of nitrogens with one attached hydrogen (secondary N) is 2. The summed E-state index contributed by atoms with van der Waals surface area (Å²) in [7, 11) is -2.52. The minimum absolute atomic E-state index is 0.0207. The number of hydrogen-bond donors (Lipinski definition) is 2. The van der Waals surface area contributed by atoms with Crippen LogP contribution in [0.1, 0.15) is 11.3 Å². The van der Waals surface area contributed by atoms with Gasteiger partial charge in [0.15, 0.2) is 32.4 Å². The quantitative estimate of drug-likeness (QED) is 0.229. The summed E-state index contributed by atoms with van der Waals surface area (Å²) in [5.74, 6) is -0.352. The van der Waals surface area contributed by atoms with Crippen molar-refractivity contribution < 1.29 is 26.7 Å². The van der Waals surface area contributed by atoms with Crippen molar-refractivity contribution in [1.29, 1.82) is 0 Å². The van der Waals surface area contributed by atoms with E-state index in [4.69, 9.17) is 9.47 Å². The Hall–Kier alpha value is -3.27. The molecule has 5 rings (SSSR count). The van der Waals surface area contributed by atoms with E-state index in [9.17, 15) is 12.8 Å². The summed E-state index contributed by atoms with van der Waals surface area (Å²) >= 11 is 3.98. The highest BCUT2D eigenvalue weighted by Crippen LogP contribution is 2.39. The highest BCUT2D eigenvalue weighted by Gasteiger charge is 2.25. The second kappa shape index (κ2) is 12.3. The number of ether oxygens (including phenoxy) is 2. The summed E-state index contributed by atoms with van der Waals surface area (Å²) in [6, 6.07) is 9.73. The van der Waals surface area contributed by atoms with Crippen LogP contribution >= 0.6 is 27.7 Å². The van der Waals surface area contributed by atoms with Gasteiger partial charge in [-0.1, -0.05) is 12.1 Å². The summed E-state index contributed by atoms with van der Waals surface area (Å²) in [6.45, 7) is 4.00. The Morgan fingerprint density at radius 1 is 1.17 bits per heavy atom. The Morgan fingerprint density at radius 3 is 2.63 bits per heavy atom. The lowest BCUT2D eigenvalue weighted by atomic mass is 10.2. The molecule has 0 aliphatic carbocycles. The zero-order chi connectivity index (χ0) is 29.1. The average molecular weight is 668 g/mol. The summed E-state index contributed by atoms with van der Waals surface area (Å²) in [5, 5.41) is 10.4. The number of methoxy groups -OCH3 is 1. The number of hydrogen-bond acceptors (Lipinski definition) is 10. The monoisotopic (exact) mass is 666 g/mol. The summed E-state index contributed by atoms with van der Waals surface area (Å²) in [5.41, 5.74) is 0.816. The van der Waals surface area contributed by atoms with E-state index in [1.54, 1.807) is 6.07 Å². The van der Waals surface area contributed by atoms with Gasteiger partial charge in [0.2, 0.25) is 5.75 Å². The van der Waals surface area contributed by atoms with Gasteiger partial charge in [0.1, 0.15) is 11.6 Å². The van der Waals surface area contributed by atoms with Crippen LogP contribution in [0.25, 0.3) is 0 Å². The van der Waals surface area contributed by atoms with Gasteiger partial charge in [-0.3, -0.25) is 5.10 Å². The number of aryl methyl sites for hydroxylation is 1. The molecule has 1 fully saturated rings. The minimum atomic E-state index is -4.03. The maximum atomic E-state index is 15.3. The molecule has 1 saturated heterocycles. The van der Waals surface area contributed by atoms with Gasteiger partial charge in [0.05, 0.1) is 40.3 Å². The van der Waals surface area contributed by atoms with E-state index in [2.05, 4.69) is 41.4 Å². The predicted molar refractivity (Wildman–Crippen MR) is 154 cm³/mol. The minimum Gasteiger partial charge on any atom is -0.490 e. The van der Waals surface area contributed by atoms with E-state index in [-0.39, 0.29) is 25.0 Å². The Morgan fingerprint density at radius 2 is 1.95 bits per heavy atom. The second-order valence-corrected chi connectivity index (χ2v) is 12.9. The molecule has 0 amide bonds. The van der Waals surface area contributed by atoms with Crippen LogP contribution < -0.4 is 15.0 Å². The first kappa shape index (κ1) is 29.2. The van der Waals surface area contributed by atoms with Crippen LogP contribution in [0.2, 0.25) is 0 Å². The van der Waals surface area contributed by atoms with Crippen molar-refractivity contribution in [2.45, 2.75) is 27.6 Å². The first-order valence-corrected chi connectivity index (χ1v) is 15.6. The maximum absolute atomic E-state index is 15.3. The van der Waals surface area contributed by atoms with Crippen LogP contribution in [0.4, 0.5) is 26.2 Å². The van der Waals surface area contributed by atoms with Gasteiger partial charge in [-0.05, 0) is 58.9 Å². The Bertz CT molecular complexity index is 1680. The molecule has 41 heavy (non-hydrogen) atoms. The molecular weight excluding hydrogens is 642 g/mol. The maximum Gasteiger partial charge on any atom is 0.204 e. The normalized spacial score (nSPS) is 13.8. The Balaban J connectivity index is 1.46. The Kier molecular flexibility index (Phi) is 8.77. The lowest BCUT2D eigenvalue weighted by Gasteiger charge is -2.29. The third kappa shape index (κ3) is 6.63. The third-order valence-corrected chi connectivity index (χ3v) is 9.33. The molecule has 2 aromatic carbocycles. The van der Waals surface area contributed by atoms with Crippen LogP contribution in [-0.4, -0.2) is 62.0 Å². The number of halogens is 3. The molecule has 4 aromatic rings. The van der Waals surface area contributed by atoms with E-state index in [1.807, 2.05) is 11.8 Å². The van der Waals surface area contributed by atoms with Crippen molar-refractivity contribution in [3.63, 3.8) is 0 Å². The lowest BCUT2D eigenvalue weighted by molar-refractivity contribution is 0.122. The van der Waals surface area contributed by atoms with Gasteiger partial charge in [-0.15, -0.1) is 0 Å². The van der Waals surface area contributed by atoms with Gasteiger partial charge in [0.25, 0.3) is 0 Å². The SMILES string of the molecule is COc1c(Nc2cc(C)[nH]n2)nc(Sc2ccc(S(=O)(=O)Cc3cccc(Br)c3F)cc2F)nc1N1CCOCC1. The molecule has 15 heteroatoms. The number of H-pyrrole nitrogens is 1. The molecule has 0 unspecified atom stereocenters. The predicted octanol–water partition coefficient (Wildman–Crippen LogP) is 5.26. The fourth-order valence-corrected chi connectivity index (χ4v) is 6.66. The third-order valence-electron chi connectivity index (χ3n) is 6.14. The van der Waals surface area contributed by atoms with E-state index in [0.717, 1.165) is 23.5 Å². The molecule has 1 aliphatic heterocycles. The highest BCUT2D eigenvalue weighted by atomic mass is 79.9. The first-order chi connectivity index (χ1) is 19.6. The van der Waals surface area contributed by atoms with E-state index in [0.29, 0.717) is 49.5 Å². The largest absolute Gasteiger partial charge is 0.490 e. The second-order valence-electron chi connectivity index (χ2n) is 9.04. The molecule has 0 saturated carbocycles. The van der Waals surface area contributed by atoms with Crippen molar-refractivity contribution >= 4 is 55.0 Å². The van der Waals surface area contributed by atoms with Gasteiger partial charge in [-0.2, -0.15) is 5.10 Å². The number of aromatic nitrogens is 4. The van der Waals surface area contributed by atoms with Gasteiger partial charge in [0, 0.05) is 30.4 Å². The average Bonchev–Trinajstić information content (AvgIpc) is 3.36. The van der Waals surface area contributed by atoms with Crippen molar-refractivity contribution in [3.05, 3.63) is 69.8 Å². The molecule has 10 nitrogen and oxygen atoms in total. The first-order valence-electron chi connectivity index (χ1n) is 12.4. The fourth-order valence-electron chi connectivity index (χ4n) is 4.13. The van der Waals surface area contributed by atoms with Crippen molar-refractivity contribution in [2.75, 3.05) is 43.6 Å². The standard InChI is InChI=1S/C26H25BrF2N6O4S2/c1-15-12-21(34-33-15)30-24-23(38-2)25(35-8-10-39-11-9-35)32-26(31-24)40-20-7-6-17(13-19(20)28)41(36,37)14-16-4-3-5-18(27)22(16)29/h3-7,12-13H,8-11,14H2,1-2H3,(H2,30,31,32,33,34). The van der Waals surface area contributed by atoms with Crippen LogP contribution in [0.5, 0.6) is 5.75 Å². The number of aromatic amines is 1. The molecule has 3 heterocycles. The van der Waals surface area contributed by atoms with E-state index < -0.39 is 27.2 Å². The molecule has 0 radical (unpaired) electrons. The molecule has 1 aliphatic rings. The van der Waals surface area contributed by atoms with Crippen molar-refractivity contribution in [3.8, 4) is 5.75 Å². The summed E-state index contributed by atoms with van der Waals surface area (Å²) < 4.78 is 66.9. The van der Waals surface area contributed by atoms with Crippen LogP contribution in [0.3, 0.4) is 0 Å². The Labute approximate surface area is 247 Å². The van der Waals surface area contributed by atoms with E-state index >= 15 is 4.39 Å². The number of rotatable bonds is 9.